The molecule has 1 amide bonds. The van der Waals surface area contributed by atoms with Crippen LogP contribution in [0.1, 0.15) is 60.6 Å². The van der Waals surface area contributed by atoms with E-state index in [0.29, 0.717) is 16.9 Å². The third-order valence-electron chi connectivity index (χ3n) is 6.68. The predicted molar refractivity (Wildman–Crippen MR) is 135 cm³/mol. The summed E-state index contributed by atoms with van der Waals surface area (Å²) in [6, 6.07) is 18.2. The first-order chi connectivity index (χ1) is 16.3. The highest BCUT2D eigenvalue weighted by Crippen LogP contribution is 2.51. The number of nitrogens with zero attached hydrogens (tertiary/aromatic N) is 1. The minimum atomic E-state index is -0.342. The number of aryl methyl sites for hydroxylation is 1. The van der Waals surface area contributed by atoms with Gasteiger partial charge in [0.15, 0.2) is 0 Å². The van der Waals surface area contributed by atoms with Crippen molar-refractivity contribution in [3.05, 3.63) is 71.3 Å². The minimum Gasteiger partial charge on any atom is -0.469 e. The Morgan fingerprint density at radius 2 is 1.82 bits per heavy atom. The second-order valence-electron chi connectivity index (χ2n) is 10.0. The topological polar surface area (TPSA) is 80.3 Å². The van der Waals surface area contributed by atoms with Gasteiger partial charge in [0.25, 0.3) is 5.91 Å². The molecule has 2 N–H and O–H groups in total. The number of fused-ring (bicyclic) bond motifs is 1. The first-order valence-corrected chi connectivity index (χ1v) is 11.8. The van der Waals surface area contributed by atoms with Gasteiger partial charge in [-0.2, -0.15) is 0 Å². The lowest BCUT2D eigenvalue weighted by molar-refractivity contribution is -0.140. The quantitative estimate of drug-likeness (QED) is 0.439. The van der Waals surface area contributed by atoms with Crippen molar-refractivity contribution < 1.29 is 14.3 Å². The first-order valence-electron chi connectivity index (χ1n) is 11.8. The average molecular weight is 460 g/mol. The standard InChI is InChI=1S/C28H33N3O3/c1-18-15-21-7-5-6-8-23(21)30-26(18)31-25(22-16-28(2,3)17-22)19-9-11-20(12-10-19)27(33)29-14-13-24(32)34-4/h5-12,15,22,25H,13-14,16-17H2,1-4H3,(H,29,33)(H,30,31)/t25-/m1/s1. The SMILES string of the molecule is COC(=O)CCNC(=O)c1ccc([C@@H](Nc2nc3ccccc3cc2C)C2CC(C)(C)C2)cc1. The molecule has 4 rings (SSSR count). The normalized spacial score (nSPS) is 15.9. The number of nitrogens with one attached hydrogen (secondary N) is 2. The Hall–Kier alpha value is -3.41. The van der Waals surface area contributed by atoms with Crippen LogP contribution in [-0.2, 0) is 9.53 Å². The highest BCUT2D eigenvalue weighted by atomic mass is 16.5. The third kappa shape index (κ3) is 5.38. The summed E-state index contributed by atoms with van der Waals surface area (Å²) in [6.07, 6.45) is 2.42. The number of aromatic nitrogens is 1. The molecule has 6 nitrogen and oxygen atoms in total. The van der Waals surface area contributed by atoms with Crippen molar-refractivity contribution in [3.63, 3.8) is 0 Å². The van der Waals surface area contributed by atoms with Gasteiger partial charge in [0.1, 0.15) is 5.82 Å². The Morgan fingerprint density at radius 3 is 2.50 bits per heavy atom. The molecule has 1 heterocycles. The summed E-state index contributed by atoms with van der Waals surface area (Å²) in [5.74, 6) is 0.850. The number of para-hydroxylation sites is 1. The number of benzene rings is 2. The number of carbonyl (C=O) groups excluding carboxylic acids is 2. The van der Waals surface area contributed by atoms with Crippen LogP contribution in [0.2, 0.25) is 0 Å². The number of amides is 1. The van der Waals surface area contributed by atoms with E-state index in [2.05, 4.69) is 48.3 Å². The van der Waals surface area contributed by atoms with Gasteiger partial charge in [-0.15, -0.1) is 0 Å². The molecule has 0 aliphatic heterocycles. The minimum absolute atomic E-state index is 0.108. The second kappa shape index (κ2) is 9.84. The molecule has 0 saturated heterocycles. The molecule has 2 aromatic carbocycles. The monoisotopic (exact) mass is 459 g/mol. The van der Waals surface area contributed by atoms with Crippen LogP contribution in [0.4, 0.5) is 5.82 Å². The maximum atomic E-state index is 12.5. The summed E-state index contributed by atoms with van der Waals surface area (Å²) in [7, 11) is 1.34. The molecule has 178 valence electrons. The zero-order valence-electron chi connectivity index (χ0n) is 20.4. The van der Waals surface area contributed by atoms with Gasteiger partial charge in [0.05, 0.1) is 25.1 Å². The molecule has 3 aromatic rings. The van der Waals surface area contributed by atoms with Crippen LogP contribution < -0.4 is 10.6 Å². The molecule has 1 saturated carbocycles. The number of pyridine rings is 1. The first kappa shape index (κ1) is 23.7. The lowest BCUT2D eigenvalue weighted by Crippen LogP contribution is -2.38. The van der Waals surface area contributed by atoms with E-state index in [1.807, 2.05) is 42.5 Å². The van der Waals surface area contributed by atoms with E-state index >= 15 is 0 Å². The molecule has 34 heavy (non-hydrogen) atoms. The maximum Gasteiger partial charge on any atom is 0.307 e. The summed E-state index contributed by atoms with van der Waals surface area (Å²) >= 11 is 0. The number of methoxy groups -OCH3 is 1. The fourth-order valence-electron chi connectivity index (χ4n) is 4.91. The van der Waals surface area contributed by atoms with Gasteiger partial charge in [-0.05, 0) is 66.5 Å². The van der Waals surface area contributed by atoms with Crippen LogP contribution in [0.5, 0.6) is 0 Å². The van der Waals surface area contributed by atoms with E-state index in [9.17, 15) is 9.59 Å². The van der Waals surface area contributed by atoms with Crippen LogP contribution >= 0.6 is 0 Å². The summed E-state index contributed by atoms with van der Waals surface area (Å²) in [5, 5.41) is 7.64. The van der Waals surface area contributed by atoms with E-state index in [4.69, 9.17) is 4.98 Å². The number of ether oxygens (including phenoxy) is 1. The third-order valence-corrected chi connectivity index (χ3v) is 6.68. The van der Waals surface area contributed by atoms with Crippen LogP contribution in [0.15, 0.2) is 54.6 Å². The molecule has 0 bridgehead atoms. The predicted octanol–water partition coefficient (Wildman–Crippen LogP) is 5.43. The van der Waals surface area contributed by atoms with E-state index in [1.165, 1.54) is 7.11 Å². The molecule has 1 atom stereocenters. The second-order valence-corrected chi connectivity index (χ2v) is 10.0. The van der Waals surface area contributed by atoms with E-state index < -0.39 is 0 Å². The Morgan fingerprint density at radius 1 is 1.12 bits per heavy atom. The van der Waals surface area contributed by atoms with Crippen LogP contribution in [0.3, 0.4) is 0 Å². The largest absolute Gasteiger partial charge is 0.469 e. The van der Waals surface area contributed by atoms with Crippen molar-refractivity contribution in [1.29, 1.82) is 0 Å². The molecule has 0 radical (unpaired) electrons. The fourth-order valence-corrected chi connectivity index (χ4v) is 4.91. The molecule has 1 aliphatic carbocycles. The summed E-state index contributed by atoms with van der Waals surface area (Å²) in [6.45, 7) is 6.95. The number of carbonyl (C=O) groups is 2. The van der Waals surface area contributed by atoms with Crippen molar-refractivity contribution in [2.45, 2.75) is 46.1 Å². The molecular formula is C28H33N3O3. The van der Waals surface area contributed by atoms with Crippen molar-refractivity contribution >= 4 is 28.6 Å². The molecular weight excluding hydrogens is 426 g/mol. The smallest absolute Gasteiger partial charge is 0.307 e. The van der Waals surface area contributed by atoms with Gasteiger partial charge < -0.3 is 15.4 Å². The fraction of sp³-hybridized carbons (Fsp3) is 0.393. The zero-order chi connectivity index (χ0) is 24.3. The van der Waals surface area contributed by atoms with Crippen LogP contribution in [0, 0.1) is 18.3 Å². The lowest BCUT2D eigenvalue weighted by Gasteiger charge is -2.47. The number of rotatable bonds is 8. The summed E-state index contributed by atoms with van der Waals surface area (Å²) < 4.78 is 4.61. The average Bonchev–Trinajstić information content (AvgIpc) is 2.81. The number of hydrogen-bond acceptors (Lipinski definition) is 5. The van der Waals surface area contributed by atoms with Crippen molar-refractivity contribution in [2.24, 2.45) is 11.3 Å². The van der Waals surface area contributed by atoms with E-state index in [-0.39, 0.29) is 30.9 Å². The van der Waals surface area contributed by atoms with E-state index in [1.54, 1.807) is 0 Å². The van der Waals surface area contributed by atoms with E-state index in [0.717, 1.165) is 40.7 Å². The van der Waals surface area contributed by atoms with Gasteiger partial charge in [0.2, 0.25) is 0 Å². The summed E-state index contributed by atoms with van der Waals surface area (Å²) in [4.78, 5) is 28.6. The van der Waals surface area contributed by atoms with Gasteiger partial charge in [0, 0.05) is 17.5 Å². The van der Waals surface area contributed by atoms with Gasteiger partial charge >= 0.3 is 5.97 Å². The van der Waals surface area contributed by atoms with Crippen LogP contribution in [0.25, 0.3) is 10.9 Å². The van der Waals surface area contributed by atoms with Crippen LogP contribution in [-0.4, -0.2) is 30.5 Å². The molecule has 0 unspecified atom stereocenters. The molecule has 6 heteroatoms. The van der Waals surface area contributed by atoms with Gasteiger partial charge in [-0.25, -0.2) is 4.98 Å². The Bertz CT molecular complexity index is 1180. The van der Waals surface area contributed by atoms with Crippen molar-refractivity contribution in [1.82, 2.24) is 10.3 Å². The molecule has 1 aromatic heterocycles. The molecule has 1 aliphatic rings. The Balaban J connectivity index is 1.53. The van der Waals surface area contributed by atoms with Gasteiger partial charge in [-0.1, -0.05) is 44.2 Å². The zero-order valence-corrected chi connectivity index (χ0v) is 20.4. The number of anilines is 1. The summed E-state index contributed by atoms with van der Waals surface area (Å²) in [5.41, 5.74) is 4.14. The lowest BCUT2D eigenvalue weighted by atomic mass is 9.61. The maximum absolute atomic E-state index is 12.5. The van der Waals surface area contributed by atoms with Crippen molar-refractivity contribution in [2.75, 3.05) is 19.0 Å². The van der Waals surface area contributed by atoms with Crippen molar-refractivity contribution in [3.8, 4) is 0 Å². The number of hydrogen-bond donors (Lipinski definition) is 2. The van der Waals surface area contributed by atoms with Gasteiger partial charge in [-0.3, -0.25) is 9.59 Å². The number of esters is 1. The highest BCUT2D eigenvalue weighted by molar-refractivity contribution is 5.94. The highest BCUT2D eigenvalue weighted by Gasteiger charge is 2.41. The Kier molecular flexibility index (Phi) is 6.87. The molecule has 1 fully saturated rings. The Labute approximate surface area is 201 Å². The molecule has 0 spiro atoms.